The van der Waals surface area contributed by atoms with Gasteiger partial charge in [-0.25, -0.2) is 22.5 Å². The Kier molecular flexibility index (Phi) is 4.13. The van der Waals surface area contributed by atoms with Crippen LogP contribution in [0.4, 0.5) is 10.1 Å². The van der Waals surface area contributed by atoms with E-state index in [0.717, 1.165) is 11.8 Å². The Morgan fingerprint density at radius 3 is 2.84 bits per heavy atom. The van der Waals surface area contributed by atoms with Gasteiger partial charge in [0.1, 0.15) is 5.82 Å². The summed E-state index contributed by atoms with van der Waals surface area (Å²) in [5.41, 5.74) is 7.71. The fraction of sp³-hybridized carbons (Fsp3) is 0.182. The highest BCUT2D eigenvalue weighted by Gasteiger charge is 2.15. The third-order valence-corrected chi connectivity index (χ3v) is 4.53. The Balaban J connectivity index is 2.03. The van der Waals surface area contributed by atoms with Crippen LogP contribution >= 0.6 is 11.3 Å². The molecule has 1 heterocycles. The first-order chi connectivity index (χ1) is 8.99. The maximum absolute atomic E-state index is 13.2. The average molecular weight is 301 g/mol. The number of nitrogens with two attached hydrogens (primary N) is 1. The topological polar surface area (TPSA) is 85.1 Å². The van der Waals surface area contributed by atoms with Gasteiger partial charge in [-0.05, 0) is 18.2 Å². The Morgan fingerprint density at radius 1 is 1.42 bits per heavy atom. The number of thiazole rings is 1. The van der Waals surface area contributed by atoms with Crippen LogP contribution in [0.3, 0.4) is 0 Å². The molecule has 0 aliphatic rings. The number of halogens is 1. The summed E-state index contributed by atoms with van der Waals surface area (Å²) in [4.78, 5) is 3.90. The van der Waals surface area contributed by atoms with E-state index in [1.807, 2.05) is 5.38 Å². The summed E-state index contributed by atoms with van der Waals surface area (Å²) in [5.74, 6) is -0.748. The van der Waals surface area contributed by atoms with Gasteiger partial charge < -0.3 is 5.73 Å². The fourth-order valence-electron chi connectivity index (χ4n) is 1.43. The molecule has 0 saturated heterocycles. The minimum absolute atomic E-state index is 0.0820. The van der Waals surface area contributed by atoms with Gasteiger partial charge in [0.25, 0.3) is 0 Å². The highest BCUT2D eigenvalue weighted by molar-refractivity contribution is 7.89. The van der Waals surface area contributed by atoms with Crippen molar-refractivity contribution in [1.82, 2.24) is 9.71 Å². The van der Waals surface area contributed by atoms with Gasteiger partial charge in [0, 0.05) is 18.3 Å². The van der Waals surface area contributed by atoms with Crippen molar-refractivity contribution >= 4 is 27.0 Å². The standard InChI is InChI=1S/C11H12FN3O2S2/c12-10-5-9(1-2-11(10)13)19(16,17)15-4-3-8-6-18-7-14-8/h1-2,5-7,15H,3-4,13H2. The van der Waals surface area contributed by atoms with Crippen molar-refractivity contribution in [3.05, 3.63) is 40.6 Å². The maximum Gasteiger partial charge on any atom is 0.240 e. The molecule has 8 heteroatoms. The van der Waals surface area contributed by atoms with Crippen molar-refractivity contribution in [1.29, 1.82) is 0 Å². The van der Waals surface area contributed by atoms with Crippen molar-refractivity contribution in [3.8, 4) is 0 Å². The van der Waals surface area contributed by atoms with Gasteiger partial charge in [0.05, 0.1) is 21.8 Å². The van der Waals surface area contributed by atoms with Crippen LogP contribution in [0.1, 0.15) is 5.69 Å². The first-order valence-electron chi connectivity index (χ1n) is 5.41. The molecule has 2 aromatic rings. The first kappa shape index (κ1) is 13.9. The highest BCUT2D eigenvalue weighted by atomic mass is 32.2. The average Bonchev–Trinajstić information content (AvgIpc) is 2.85. The van der Waals surface area contributed by atoms with Crippen LogP contribution in [0.15, 0.2) is 34.0 Å². The number of rotatable bonds is 5. The number of benzene rings is 1. The predicted octanol–water partition coefficient (Wildman–Crippen LogP) is 1.39. The van der Waals surface area contributed by atoms with Gasteiger partial charge in [-0.3, -0.25) is 0 Å². The molecule has 0 amide bonds. The Hall–Kier alpha value is -1.51. The number of nitrogen functional groups attached to an aromatic ring is 1. The summed E-state index contributed by atoms with van der Waals surface area (Å²) < 4.78 is 39.4. The predicted molar refractivity (Wildman–Crippen MR) is 71.8 cm³/mol. The van der Waals surface area contributed by atoms with E-state index >= 15 is 0 Å². The SMILES string of the molecule is Nc1ccc(S(=O)(=O)NCCc2cscn2)cc1F. The van der Waals surface area contributed by atoms with E-state index in [9.17, 15) is 12.8 Å². The van der Waals surface area contributed by atoms with Gasteiger partial charge in [0.15, 0.2) is 0 Å². The van der Waals surface area contributed by atoms with Crippen LogP contribution in [0.25, 0.3) is 0 Å². The van der Waals surface area contributed by atoms with Crippen molar-refractivity contribution in [2.24, 2.45) is 0 Å². The molecule has 102 valence electrons. The largest absolute Gasteiger partial charge is 0.396 e. The third-order valence-electron chi connectivity index (χ3n) is 2.44. The normalized spacial score (nSPS) is 11.6. The van der Waals surface area contributed by atoms with Gasteiger partial charge in [-0.1, -0.05) is 0 Å². The number of aromatic nitrogens is 1. The molecule has 0 atom stereocenters. The van der Waals surface area contributed by atoms with Crippen molar-refractivity contribution in [3.63, 3.8) is 0 Å². The lowest BCUT2D eigenvalue weighted by Gasteiger charge is -2.06. The third kappa shape index (κ3) is 3.49. The number of hydrogen-bond donors (Lipinski definition) is 2. The summed E-state index contributed by atoms with van der Waals surface area (Å²) >= 11 is 1.45. The molecule has 1 aromatic carbocycles. The van der Waals surface area contributed by atoms with Gasteiger partial charge in [-0.15, -0.1) is 11.3 Å². The van der Waals surface area contributed by atoms with Crippen molar-refractivity contribution < 1.29 is 12.8 Å². The van der Waals surface area contributed by atoms with E-state index in [-0.39, 0.29) is 17.1 Å². The summed E-state index contributed by atoms with van der Waals surface area (Å²) in [6.45, 7) is 0.206. The maximum atomic E-state index is 13.2. The van der Waals surface area contributed by atoms with Crippen LogP contribution < -0.4 is 10.5 Å². The molecular formula is C11H12FN3O2S2. The number of nitrogens with one attached hydrogen (secondary N) is 1. The summed E-state index contributed by atoms with van der Waals surface area (Å²) in [6, 6.07) is 3.40. The van der Waals surface area contributed by atoms with Crippen LogP contribution in [-0.2, 0) is 16.4 Å². The van der Waals surface area contributed by atoms with E-state index in [4.69, 9.17) is 5.73 Å². The Labute approximate surface area is 114 Å². The highest BCUT2D eigenvalue weighted by Crippen LogP contribution is 2.16. The fourth-order valence-corrected chi connectivity index (χ4v) is 3.07. The van der Waals surface area contributed by atoms with E-state index in [0.29, 0.717) is 6.42 Å². The summed E-state index contributed by atoms with van der Waals surface area (Å²) in [7, 11) is -3.72. The zero-order valence-electron chi connectivity index (χ0n) is 9.84. The van der Waals surface area contributed by atoms with E-state index in [1.54, 1.807) is 5.51 Å². The molecule has 1 aromatic heterocycles. The molecule has 0 aliphatic heterocycles. The molecule has 5 nitrogen and oxygen atoms in total. The molecule has 0 saturated carbocycles. The van der Waals surface area contributed by atoms with Crippen LogP contribution in [0.2, 0.25) is 0 Å². The van der Waals surface area contributed by atoms with Crippen LogP contribution in [-0.4, -0.2) is 19.9 Å². The minimum atomic E-state index is -3.72. The molecule has 0 spiro atoms. The van der Waals surface area contributed by atoms with Crippen LogP contribution in [0, 0.1) is 5.82 Å². The van der Waals surface area contributed by atoms with Crippen molar-refractivity contribution in [2.45, 2.75) is 11.3 Å². The quantitative estimate of drug-likeness (QED) is 0.817. The molecule has 3 N–H and O–H groups in total. The molecule has 19 heavy (non-hydrogen) atoms. The number of hydrogen-bond acceptors (Lipinski definition) is 5. The number of anilines is 1. The smallest absolute Gasteiger partial charge is 0.240 e. The number of nitrogens with zero attached hydrogens (tertiary/aromatic N) is 1. The summed E-state index contributed by atoms with van der Waals surface area (Å²) in [6.07, 6.45) is 0.486. The Morgan fingerprint density at radius 2 is 2.21 bits per heavy atom. The molecule has 0 fully saturated rings. The van der Waals surface area contributed by atoms with Gasteiger partial charge in [-0.2, -0.15) is 0 Å². The second-order valence-electron chi connectivity index (χ2n) is 3.81. The molecule has 0 unspecified atom stereocenters. The molecule has 0 aliphatic carbocycles. The summed E-state index contributed by atoms with van der Waals surface area (Å²) in [5, 5.41) is 1.84. The van der Waals surface area contributed by atoms with Crippen LogP contribution in [0.5, 0.6) is 0 Å². The molecular weight excluding hydrogens is 289 g/mol. The monoisotopic (exact) mass is 301 g/mol. The molecule has 0 radical (unpaired) electrons. The number of sulfonamides is 1. The van der Waals surface area contributed by atoms with Gasteiger partial charge >= 0.3 is 0 Å². The lowest BCUT2D eigenvalue weighted by Crippen LogP contribution is -2.26. The van der Waals surface area contributed by atoms with Gasteiger partial charge in [0.2, 0.25) is 10.0 Å². The lowest BCUT2D eigenvalue weighted by molar-refractivity contribution is 0.578. The molecule has 2 rings (SSSR count). The van der Waals surface area contributed by atoms with E-state index in [2.05, 4.69) is 9.71 Å². The minimum Gasteiger partial charge on any atom is -0.396 e. The second kappa shape index (κ2) is 5.64. The second-order valence-corrected chi connectivity index (χ2v) is 6.30. The molecule has 0 bridgehead atoms. The van der Waals surface area contributed by atoms with E-state index in [1.165, 1.54) is 23.5 Å². The first-order valence-corrected chi connectivity index (χ1v) is 7.83. The van der Waals surface area contributed by atoms with Crippen molar-refractivity contribution in [2.75, 3.05) is 12.3 Å². The van der Waals surface area contributed by atoms with E-state index < -0.39 is 15.8 Å². The lowest BCUT2D eigenvalue weighted by atomic mass is 10.3. The Bertz CT molecular complexity index is 657. The zero-order chi connectivity index (χ0) is 13.9. The zero-order valence-corrected chi connectivity index (χ0v) is 11.5.